The minimum Gasteiger partial charge on any atom is -0.378 e. The molecule has 1 unspecified atom stereocenters. The Labute approximate surface area is 164 Å². The first-order valence-corrected chi connectivity index (χ1v) is 8.96. The van der Waals surface area contributed by atoms with Gasteiger partial charge in [0.05, 0.1) is 17.3 Å². The molecule has 0 radical (unpaired) electrons. The van der Waals surface area contributed by atoms with Crippen molar-refractivity contribution < 1.29 is 18.0 Å². The number of aromatic nitrogens is 2. The molecule has 1 atom stereocenters. The van der Waals surface area contributed by atoms with Gasteiger partial charge in [-0.25, -0.2) is 0 Å². The number of anilines is 2. The van der Waals surface area contributed by atoms with E-state index < -0.39 is 17.8 Å². The van der Waals surface area contributed by atoms with Crippen LogP contribution in [0.4, 0.5) is 24.5 Å². The van der Waals surface area contributed by atoms with E-state index in [2.05, 4.69) is 20.8 Å². The van der Waals surface area contributed by atoms with Crippen LogP contribution in [0.2, 0.25) is 0 Å². The largest absolute Gasteiger partial charge is 0.418 e. The number of rotatable bonds is 4. The van der Waals surface area contributed by atoms with Gasteiger partial charge in [0, 0.05) is 28.4 Å². The zero-order valence-corrected chi connectivity index (χ0v) is 15.1. The summed E-state index contributed by atoms with van der Waals surface area (Å²) in [6, 6.07) is 10.2. The monoisotopic (exact) mass is 398 g/mol. The van der Waals surface area contributed by atoms with Gasteiger partial charge < -0.3 is 10.6 Å². The van der Waals surface area contributed by atoms with Gasteiger partial charge in [0.2, 0.25) is 0 Å². The standard InChI is InChI=1S/C21H17F3N4O/c22-21(23,24)17-6-1-2-7-18(17)26-15-5-3-4-13(10-15)20(29)27-16-9-8-14-12-25-28-19(14)11-16/h1-4,6-12,15,26H,5H2,(H,25,28)(H,27,29). The summed E-state index contributed by atoms with van der Waals surface area (Å²) in [7, 11) is 0. The van der Waals surface area contributed by atoms with E-state index in [9.17, 15) is 18.0 Å². The molecule has 1 aromatic heterocycles. The molecule has 0 saturated carbocycles. The van der Waals surface area contributed by atoms with Crippen molar-refractivity contribution in [2.75, 3.05) is 10.6 Å². The maximum atomic E-state index is 13.2. The third-order valence-electron chi connectivity index (χ3n) is 4.60. The highest BCUT2D eigenvalue weighted by atomic mass is 19.4. The van der Waals surface area contributed by atoms with Gasteiger partial charge in [0.25, 0.3) is 5.91 Å². The summed E-state index contributed by atoms with van der Waals surface area (Å²) < 4.78 is 39.6. The van der Waals surface area contributed by atoms with Crippen LogP contribution in [0.5, 0.6) is 0 Å². The maximum Gasteiger partial charge on any atom is 0.418 e. The summed E-state index contributed by atoms with van der Waals surface area (Å²) in [4.78, 5) is 12.6. The van der Waals surface area contributed by atoms with Gasteiger partial charge in [-0.05, 0) is 42.8 Å². The highest BCUT2D eigenvalue weighted by Gasteiger charge is 2.33. The fourth-order valence-corrected chi connectivity index (χ4v) is 3.21. The van der Waals surface area contributed by atoms with Gasteiger partial charge in [-0.2, -0.15) is 18.3 Å². The Morgan fingerprint density at radius 2 is 2.00 bits per heavy atom. The molecule has 148 valence electrons. The zero-order chi connectivity index (χ0) is 20.4. The Morgan fingerprint density at radius 1 is 1.17 bits per heavy atom. The third kappa shape index (κ3) is 4.16. The molecule has 4 rings (SSSR count). The van der Waals surface area contributed by atoms with Crippen LogP contribution in [0.25, 0.3) is 10.9 Å². The molecular weight excluding hydrogens is 381 g/mol. The number of H-pyrrole nitrogens is 1. The summed E-state index contributed by atoms with van der Waals surface area (Å²) in [5.74, 6) is -0.337. The Bertz CT molecular complexity index is 1110. The molecule has 1 heterocycles. The molecule has 8 heteroatoms. The molecule has 3 aromatic rings. The van der Waals surface area contributed by atoms with Crippen molar-refractivity contribution in [3.8, 4) is 0 Å². The molecule has 0 bridgehead atoms. The zero-order valence-electron chi connectivity index (χ0n) is 15.1. The first kappa shape index (κ1) is 18.8. The van der Waals surface area contributed by atoms with Crippen LogP contribution >= 0.6 is 0 Å². The maximum absolute atomic E-state index is 13.2. The number of halogens is 3. The van der Waals surface area contributed by atoms with E-state index in [0.717, 1.165) is 17.0 Å². The number of fused-ring (bicyclic) bond motifs is 1. The fourth-order valence-electron chi connectivity index (χ4n) is 3.21. The van der Waals surface area contributed by atoms with E-state index in [1.54, 1.807) is 42.6 Å². The van der Waals surface area contributed by atoms with Gasteiger partial charge in [-0.3, -0.25) is 9.89 Å². The summed E-state index contributed by atoms with van der Waals surface area (Å²) in [5.41, 5.74) is 1.02. The number of aromatic amines is 1. The van der Waals surface area contributed by atoms with Crippen LogP contribution in [-0.2, 0) is 11.0 Å². The van der Waals surface area contributed by atoms with Crippen molar-refractivity contribution >= 4 is 28.2 Å². The Morgan fingerprint density at radius 3 is 2.83 bits per heavy atom. The van der Waals surface area contributed by atoms with Crippen LogP contribution in [0.15, 0.2) is 72.5 Å². The lowest BCUT2D eigenvalue weighted by Crippen LogP contribution is -2.24. The number of para-hydroxylation sites is 1. The van der Waals surface area contributed by atoms with Gasteiger partial charge in [0.15, 0.2) is 0 Å². The number of carbonyl (C=O) groups excluding carboxylic acids is 1. The molecule has 0 spiro atoms. The average Bonchev–Trinajstić information content (AvgIpc) is 3.15. The molecule has 29 heavy (non-hydrogen) atoms. The number of nitrogens with zero attached hydrogens (tertiary/aromatic N) is 1. The van der Waals surface area contributed by atoms with Crippen molar-refractivity contribution in [2.45, 2.75) is 18.6 Å². The molecule has 3 N–H and O–H groups in total. The van der Waals surface area contributed by atoms with Crippen molar-refractivity contribution in [2.24, 2.45) is 0 Å². The van der Waals surface area contributed by atoms with Crippen molar-refractivity contribution in [1.29, 1.82) is 0 Å². The molecular formula is C21H17F3N4O. The van der Waals surface area contributed by atoms with Crippen LogP contribution < -0.4 is 10.6 Å². The molecule has 0 fully saturated rings. The number of amides is 1. The smallest absolute Gasteiger partial charge is 0.378 e. The van der Waals surface area contributed by atoms with Gasteiger partial charge in [0.1, 0.15) is 0 Å². The van der Waals surface area contributed by atoms with E-state index in [4.69, 9.17) is 0 Å². The first-order chi connectivity index (χ1) is 13.9. The van der Waals surface area contributed by atoms with Crippen molar-refractivity contribution in [1.82, 2.24) is 10.2 Å². The lowest BCUT2D eigenvalue weighted by Gasteiger charge is -2.22. The lowest BCUT2D eigenvalue weighted by molar-refractivity contribution is -0.137. The SMILES string of the molecule is O=C(Nc1ccc2cn[nH]c2c1)C1=CC(Nc2ccccc2C(F)(F)F)CC=C1. The molecule has 1 aliphatic carbocycles. The molecule has 0 aliphatic heterocycles. The average molecular weight is 398 g/mol. The van der Waals surface area contributed by atoms with Gasteiger partial charge >= 0.3 is 6.18 Å². The number of hydrogen-bond donors (Lipinski definition) is 3. The highest BCUT2D eigenvalue weighted by Crippen LogP contribution is 2.35. The van der Waals surface area contributed by atoms with Crippen molar-refractivity contribution in [3.05, 3.63) is 78.0 Å². The second kappa shape index (κ2) is 7.46. The minimum atomic E-state index is -4.46. The number of carbonyl (C=O) groups is 1. The summed E-state index contributed by atoms with van der Waals surface area (Å²) in [6.07, 6.45) is 2.77. The lowest BCUT2D eigenvalue weighted by atomic mass is 10.0. The van der Waals surface area contributed by atoms with E-state index in [0.29, 0.717) is 17.7 Å². The minimum absolute atomic E-state index is 0.0130. The van der Waals surface area contributed by atoms with Crippen molar-refractivity contribution in [3.63, 3.8) is 0 Å². The first-order valence-electron chi connectivity index (χ1n) is 8.96. The van der Waals surface area contributed by atoms with Crippen LogP contribution in [-0.4, -0.2) is 22.1 Å². The predicted octanol–water partition coefficient (Wildman–Crippen LogP) is 4.89. The molecule has 1 amide bonds. The summed E-state index contributed by atoms with van der Waals surface area (Å²) >= 11 is 0. The molecule has 2 aromatic carbocycles. The van der Waals surface area contributed by atoms with E-state index in [1.165, 1.54) is 12.1 Å². The number of benzene rings is 2. The van der Waals surface area contributed by atoms with Crippen LogP contribution in [0.1, 0.15) is 12.0 Å². The number of alkyl halides is 3. The highest BCUT2D eigenvalue weighted by molar-refractivity contribution is 6.06. The Kier molecular flexibility index (Phi) is 4.84. The second-order valence-electron chi connectivity index (χ2n) is 6.68. The van der Waals surface area contributed by atoms with E-state index in [-0.39, 0.29) is 11.6 Å². The van der Waals surface area contributed by atoms with E-state index >= 15 is 0 Å². The van der Waals surface area contributed by atoms with Gasteiger partial charge in [-0.1, -0.05) is 24.3 Å². The third-order valence-corrected chi connectivity index (χ3v) is 4.60. The Balaban J connectivity index is 1.50. The van der Waals surface area contributed by atoms with Crippen LogP contribution in [0.3, 0.4) is 0 Å². The van der Waals surface area contributed by atoms with Gasteiger partial charge in [-0.15, -0.1) is 0 Å². The fraction of sp³-hybridized carbons (Fsp3) is 0.143. The number of hydrogen-bond acceptors (Lipinski definition) is 3. The topological polar surface area (TPSA) is 69.8 Å². The predicted molar refractivity (Wildman–Crippen MR) is 105 cm³/mol. The summed E-state index contributed by atoms with van der Waals surface area (Å²) in [6.45, 7) is 0. The quantitative estimate of drug-likeness (QED) is 0.586. The molecule has 1 aliphatic rings. The molecule has 0 saturated heterocycles. The van der Waals surface area contributed by atoms with E-state index in [1.807, 2.05) is 6.07 Å². The van der Waals surface area contributed by atoms with Crippen LogP contribution in [0, 0.1) is 0 Å². The second-order valence-corrected chi connectivity index (χ2v) is 6.68. The molecule has 5 nitrogen and oxygen atoms in total. The summed E-state index contributed by atoms with van der Waals surface area (Å²) in [5, 5.41) is 13.4. The Hall–Kier alpha value is -3.55. The normalized spacial score (nSPS) is 16.5. The number of nitrogens with one attached hydrogen (secondary N) is 3.